The van der Waals surface area contributed by atoms with Crippen LogP contribution < -0.4 is 14.8 Å². The number of carbonyl (C=O) groups excluding carboxylic acids is 2. The summed E-state index contributed by atoms with van der Waals surface area (Å²) in [5.74, 6) is -0.310. The number of fused-ring (bicyclic) bond motifs is 1. The van der Waals surface area contributed by atoms with Gasteiger partial charge in [-0.3, -0.25) is 4.79 Å². The number of ether oxygens (including phenoxy) is 3. The Hall–Kier alpha value is -2.83. The van der Waals surface area contributed by atoms with Crippen molar-refractivity contribution >= 4 is 55.5 Å². The van der Waals surface area contributed by atoms with Crippen molar-refractivity contribution in [3.8, 4) is 17.6 Å². The molecule has 1 heterocycles. The van der Waals surface area contributed by atoms with E-state index in [1.807, 2.05) is 0 Å². The van der Waals surface area contributed by atoms with Gasteiger partial charge in [-0.25, -0.2) is 4.79 Å². The van der Waals surface area contributed by atoms with Gasteiger partial charge in [-0.1, -0.05) is 22.0 Å². The van der Waals surface area contributed by atoms with Crippen molar-refractivity contribution in [1.29, 1.82) is 5.26 Å². The number of anilines is 1. The van der Waals surface area contributed by atoms with E-state index in [2.05, 4.69) is 37.2 Å². The summed E-state index contributed by atoms with van der Waals surface area (Å²) >= 11 is 6.64. The fourth-order valence-electron chi connectivity index (χ4n) is 2.29. The average Bonchev–Trinajstić information content (AvgIpc) is 3.14. The number of esters is 1. The molecular formula is C19H12Br2N2O5. The first-order valence-electron chi connectivity index (χ1n) is 7.90. The zero-order valence-electron chi connectivity index (χ0n) is 14.2. The summed E-state index contributed by atoms with van der Waals surface area (Å²) < 4.78 is 16.9. The predicted molar refractivity (Wildman–Crippen MR) is 108 cm³/mol. The van der Waals surface area contributed by atoms with Crippen molar-refractivity contribution in [1.82, 2.24) is 0 Å². The Morgan fingerprint density at radius 1 is 1.18 bits per heavy atom. The van der Waals surface area contributed by atoms with Crippen LogP contribution in [-0.4, -0.2) is 25.3 Å². The topological polar surface area (TPSA) is 97.7 Å². The molecule has 1 N–H and O–H groups in total. The Morgan fingerprint density at radius 3 is 2.71 bits per heavy atom. The number of halogens is 2. The van der Waals surface area contributed by atoms with Crippen LogP contribution in [0, 0.1) is 11.3 Å². The minimum absolute atomic E-state index is 0.124. The van der Waals surface area contributed by atoms with Gasteiger partial charge in [0.25, 0.3) is 5.91 Å². The van der Waals surface area contributed by atoms with E-state index in [4.69, 9.17) is 14.2 Å². The zero-order chi connectivity index (χ0) is 20.1. The highest BCUT2D eigenvalue weighted by molar-refractivity contribution is 9.11. The Labute approximate surface area is 177 Å². The van der Waals surface area contributed by atoms with Crippen molar-refractivity contribution in [2.75, 3.05) is 18.7 Å². The van der Waals surface area contributed by atoms with Gasteiger partial charge >= 0.3 is 5.97 Å². The predicted octanol–water partition coefficient (Wildman–Crippen LogP) is 4.03. The molecular weight excluding hydrogens is 496 g/mol. The summed E-state index contributed by atoms with van der Waals surface area (Å²) in [5, 5.41) is 11.8. The van der Waals surface area contributed by atoms with Crippen LogP contribution in [0.3, 0.4) is 0 Å². The van der Waals surface area contributed by atoms with Gasteiger partial charge in [0.1, 0.15) is 11.6 Å². The third-order valence-corrected chi connectivity index (χ3v) is 4.74. The smallest absolute Gasteiger partial charge is 0.349 e. The maximum atomic E-state index is 12.1. The van der Waals surface area contributed by atoms with Crippen LogP contribution in [-0.2, 0) is 14.3 Å². The number of hydrogen-bond donors (Lipinski definition) is 1. The van der Waals surface area contributed by atoms with Crippen molar-refractivity contribution in [2.45, 2.75) is 0 Å². The summed E-state index contributed by atoms with van der Waals surface area (Å²) in [7, 11) is 0. The molecule has 0 spiro atoms. The molecule has 28 heavy (non-hydrogen) atoms. The summed E-state index contributed by atoms with van der Waals surface area (Å²) in [6, 6.07) is 12.0. The standard InChI is InChI=1S/C19H12Br2N2O5/c20-13-2-3-15(14(21)7-13)23-18(24)9-26-19(25)12(8-22)5-11-1-4-16-17(6-11)28-10-27-16/h1-7H,9-10H2,(H,23,24). The lowest BCUT2D eigenvalue weighted by Crippen LogP contribution is -2.21. The summed E-state index contributed by atoms with van der Waals surface area (Å²) in [4.78, 5) is 24.1. The molecule has 0 aromatic heterocycles. The van der Waals surface area contributed by atoms with Crippen LogP contribution in [0.25, 0.3) is 6.08 Å². The first-order chi connectivity index (χ1) is 13.5. The molecule has 9 heteroatoms. The SMILES string of the molecule is N#CC(=Cc1ccc2c(c1)OCO2)C(=O)OCC(=O)Nc1ccc(Br)cc1Br. The average molecular weight is 508 g/mol. The maximum absolute atomic E-state index is 12.1. The van der Waals surface area contributed by atoms with Gasteiger partial charge in [-0.15, -0.1) is 0 Å². The second kappa shape index (κ2) is 8.91. The number of rotatable bonds is 5. The molecule has 7 nitrogen and oxygen atoms in total. The highest BCUT2D eigenvalue weighted by Crippen LogP contribution is 2.33. The van der Waals surface area contributed by atoms with E-state index in [9.17, 15) is 14.9 Å². The van der Waals surface area contributed by atoms with Gasteiger partial charge in [0.15, 0.2) is 18.1 Å². The maximum Gasteiger partial charge on any atom is 0.349 e. The van der Waals surface area contributed by atoms with Crippen molar-refractivity contribution in [3.63, 3.8) is 0 Å². The van der Waals surface area contributed by atoms with Gasteiger partial charge in [0.2, 0.25) is 6.79 Å². The summed E-state index contributed by atoms with van der Waals surface area (Å²) in [6.45, 7) is -0.402. The normalized spacial score (nSPS) is 12.2. The van der Waals surface area contributed by atoms with Crippen LogP contribution in [0.5, 0.6) is 11.5 Å². The Balaban J connectivity index is 1.61. The van der Waals surface area contributed by atoms with Crippen LogP contribution in [0.1, 0.15) is 5.56 Å². The summed E-state index contributed by atoms with van der Waals surface area (Å²) in [5.41, 5.74) is 0.859. The molecule has 0 fully saturated rings. The largest absolute Gasteiger partial charge is 0.454 e. The number of hydrogen-bond acceptors (Lipinski definition) is 6. The third-order valence-electron chi connectivity index (χ3n) is 3.59. The van der Waals surface area contributed by atoms with Gasteiger partial charge in [-0.05, 0) is 57.9 Å². The molecule has 2 aromatic rings. The van der Waals surface area contributed by atoms with E-state index in [-0.39, 0.29) is 12.4 Å². The van der Waals surface area contributed by atoms with Crippen LogP contribution in [0.4, 0.5) is 5.69 Å². The first kappa shape index (κ1) is 19.9. The first-order valence-corrected chi connectivity index (χ1v) is 9.48. The molecule has 0 atom stereocenters. The molecule has 0 aliphatic carbocycles. The highest BCUT2D eigenvalue weighted by Gasteiger charge is 2.16. The van der Waals surface area contributed by atoms with Crippen molar-refractivity contribution in [3.05, 3.63) is 56.5 Å². The molecule has 0 saturated heterocycles. The quantitative estimate of drug-likeness (QED) is 0.373. The molecule has 0 unspecified atom stereocenters. The summed E-state index contributed by atoms with van der Waals surface area (Å²) in [6.07, 6.45) is 1.35. The van der Waals surface area contributed by atoms with Crippen molar-refractivity contribution in [2.24, 2.45) is 0 Å². The number of carbonyl (C=O) groups is 2. The molecule has 3 rings (SSSR count). The molecule has 0 saturated carbocycles. The monoisotopic (exact) mass is 506 g/mol. The number of nitriles is 1. The Bertz CT molecular complexity index is 1010. The van der Waals surface area contributed by atoms with E-state index in [1.54, 1.807) is 42.5 Å². The van der Waals surface area contributed by atoms with Crippen LogP contribution in [0.2, 0.25) is 0 Å². The lowest BCUT2D eigenvalue weighted by atomic mass is 10.1. The van der Waals surface area contributed by atoms with E-state index >= 15 is 0 Å². The Kier molecular flexibility index (Phi) is 6.34. The zero-order valence-corrected chi connectivity index (χ0v) is 17.4. The second-order valence-electron chi connectivity index (χ2n) is 5.53. The number of benzene rings is 2. The molecule has 0 radical (unpaired) electrons. The van der Waals surface area contributed by atoms with E-state index in [0.29, 0.717) is 27.2 Å². The van der Waals surface area contributed by atoms with E-state index in [0.717, 1.165) is 4.47 Å². The van der Waals surface area contributed by atoms with E-state index in [1.165, 1.54) is 6.08 Å². The molecule has 1 aliphatic heterocycles. The second-order valence-corrected chi connectivity index (χ2v) is 7.30. The number of amides is 1. The van der Waals surface area contributed by atoms with Gasteiger partial charge in [0.05, 0.1) is 5.69 Å². The highest BCUT2D eigenvalue weighted by atomic mass is 79.9. The lowest BCUT2D eigenvalue weighted by molar-refractivity contribution is -0.142. The molecule has 1 amide bonds. The van der Waals surface area contributed by atoms with Gasteiger partial charge < -0.3 is 19.5 Å². The lowest BCUT2D eigenvalue weighted by Gasteiger charge is -2.08. The number of nitrogens with zero attached hydrogens (tertiary/aromatic N) is 1. The van der Waals surface area contributed by atoms with E-state index < -0.39 is 18.5 Å². The fourth-order valence-corrected chi connectivity index (χ4v) is 3.44. The molecule has 1 aliphatic rings. The molecule has 0 bridgehead atoms. The number of nitrogens with one attached hydrogen (secondary N) is 1. The van der Waals surface area contributed by atoms with Crippen LogP contribution >= 0.6 is 31.9 Å². The van der Waals surface area contributed by atoms with Gasteiger partial charge in [0, 0.05) is 8.95 Å². The minimum Gasteiger partial charge on any atom is -0.454 e. The van der Waals surface area contributed by atoms with Crippen molar-refractivity contribution < 1.29 is 23.8 Å². The Morgan fingerprint density at radius 2 is 1.96 bits per heavy atom. The molecule has 142 valence electrons. The fraction of sp³-hybridized carbons (Fsp3) is 0.105. The van der Waals surface area contributed by atoms with Crippen LogP contribution in [0.15, 0.2) is 50.9 Å². The molecule has 2 aromatic carbocycles. The third kappa shape index (κ3) is 4.91. The minimum atomic E-state index is -0.898. The van der Waals surface area contributed by atoms with Gasteiger partial charge in [-0.2, -0.15) is 5.26 Å².